The van der Waals surface area contributed by atoms with Crippen molar-refractivity contribution in [2.45, 2.75) is 25.4 Å². The molecule has 1 aromatic heterocycles. The zero-order chi connectivity index (χ0) is 15.0. The molecular formula is C16H16BrClN2O. The van der Waals surface area contributed by atoms with Gasteiger partial charge in [-0.1, -0.05) is 23.7 Å². The Bertz CT molecular complexity index is 679. The van der Waals surface area contributed by atoms with E-state index in [1.54, 1.807) is 4.90 Å². The van der Waals surface area contributed by atoms with E-state index in [1.165, 1.54) is 0 Å². The highest BCUT2D eigenvalue weighted by Crippen LogP contribution is 2.37. The van der Waals surface area contributed by atoms with E-state index in [2.05, 4.69) is 20.5 Å². The van der Waals surface area contributed by atoms with E-state index < -0.39 is 0 Å². The van der Waals surface area contributed by atoms with Gasteiger partial charge in [0.15, 0.2) is 0 Å². The van der Waals surface area contributed by atoms with Crippen LogP contribution in [-0.2, 0) is 6.54 Å². The molecule has 1 aromatic carbocycles. The number of hydrogen-bond acceptors (Lipinski definition) is 1. The maximum atomic E-state index is 12.7. The van der Waals surface area contributed by atoms with Crippen LogP contribution >= 0.6 is 27.5 Å². The van der Waals surface area contributed by atoms with E-state index in [1.807, 2.05) is 43.6 Å². The molecule has 2 aromatic rings. The Kier molecular flexibility index (Phi) is 4.09. The minimum absolute atomic E-state index is 0.0348. The summed E-state index contributed by atoms with van der Waals surface area (Å²) in [4.78, 5) is 14.4. The van der Waals surface area contributed by atoms with Gasteiger partial charge < -0.3 is 9.47 Å². The molecule has 0 unspecified atom stereocenters. The second-order valence-corrected chi connectivity index (χ2v) is 6.83. The maximum Gasteiger partial charge on any atom is 0.270 e. The number of benzene rings is 1. The lowest BCUT2D eigenvalue weighted by molar-refractivity contribution is 0.0774. The Labute approximate surface area is 137 Å². The molecule has 1 aliphatic rings. The van der Waals surface area contributed by atoms with Gasteiger partial charge in [0, 0.05) is 35.3 Å². The molecule has 0 N–H and O–H groups in total. The van der Waals surface area contributed by atoms with Gasteiger partial charge in [-0.2, -0.15) is 0 Å². The molecule has 0 bridgehead atoms. The van der Waals surface area contributed by atoms with Crippen molar-refractivity contribution in [1.29, 1.82) is 0 Å². The summed E-state index contributed by atoms with van der Waals surface area (Å²) in [5.74, 6) is 0.0348. The van der Waals surface area contributed by atoms with Crippen LogP contribution in [0.25, 0.3) is 0 Å². The SMILES string of the molecule is CN(Cc1cccc(Cl)c1)C(=O)c1cc(Br)cn1C1CC1. The molecule has 21 heavy (non-hydrogen) atoms. The molecule has 110 valence electrons. The van der Waals surface area contributed by atoms with Gasteiger partial charge in [-0.05, 0) is 52.5 Å². The number of aromatic nitrogens is 1. The van der Waals surface area contributed by atoms with E-state index in [9.17, 15) is 4.79 Å². The lowest BCUT2D eigenvalue weighted by atomic mass is 10.2. The molecule has 1 fully saturated rings. The predicted molar refractivity (Wildman–Crippen MR) is 87.7 cm³/mol. The minimum Gasteiger partial charge on any atom is -0.339 e. The number of nitrogens with zero attached hydrogens (tertiary/aromatic N) is 2. The van der Waals surface area contributed by atoms with Crippen molar-refractivity contribution in [3.8, 4) is 0 Å². The largest absolute Gasteiger partial charge is 0.339 e. The second kappa shape index (κ2) is 5.85. The summed E-state index contributed by atoms with van der Waals surface area (Å²) in [6.45, 7) is 0.548. The van der Waals surface area contributed by atoms with Gasteiger partial charge in [0.25, 0.3) is 5.91 Å². The van der Waals surface area contributed by atoms with Gasteiger partial charge in [-0.15, -0.1) is 0 Å². The lowest BCUT2D eigenvalue weighted by Gasteiger charge is -2.18. The molecule has 0 aliphatic heterocycles. The number of carbonyl (C=O) groups is 1. The maximum absolute atomic E-state index is 12.7. The normalized spacial score (nSPS) is 14.2. The average molecular weight is 368 g/mol. The van der Waals surface area contributed by atoms with Crippen molar-refractivity contribution < 1.29 is 4.79 Å². The van der Waals surface area contributed by atoms with Gasteiger partial charge in [-0.25, -0.2) is 0 Å². The van der Waals surface area contributed by atoms with Gasteiger partial charge >= 0.3 is 0 Å². The first kappa shape index (κ1) is 14.7. The molecule has 1 amide bonds. The number of carbonyl (C=O) groups excluding carboxylic acids is 1. The Hall–Kier alpha value is -1.26. The summed E-state index contributed by atoms with van der Waals surface area (Å²) >= 11 is 9.45. The zero-order valence-corrected chi connectivity index (χ0v) is 14.1. The van der Waals surface area contributed by atoms with Gasteiger partial charge in [0.1, 0.15) is 5.69 Å². The summed E-state index contributed by atoms with van der Waals surface area (Å²) in [5, 5.41) is 0.692. The van der Waals surface area contributed by atoms with Crippen molar-refractivity contribution in [2.24, 2.45) is 0 Å². The summed E-state index contributed by atoms with van der Waals surface area (Å²) in [5.41, 5.74) is 1.77. The quantitative estimate of drug-likeness (QED) is 0.780. The molecule has 1 aliphatic carbocycles. The Morgan fingerprint density at radius 2 is 2.19 bits per heavy atom. The molecule has 1 heterocycles. The van der Waals surface area contributed by atoms with Crippen LogP contribution in [0.5, 0.6) is 0 Å². The molecule has 0 atom stereocenters. The third kappa shape index (κ3) is 3.33. The molecule has 5 heteroatoms. The number of rotatable bonds is 4. The van der Waals surface area contributed by atoms with Gasteiger partial charge in [0.05, 0.1) is 0 Å². The fraction of sp³-hybridized carbons (Fsp3) is 0.312. The summed E-state index contributed by atoms with van der Waals surface area (Å²) in [6, 6.07) is 9.98. The summed E-state index contributed by atoms with van der Waals surface area (Å²) < 4.78 is 3.04. The molecule has 0 radical (unpaired) electrons. The minimum atomic E-state index is 0.0348. The lowest BCUT2D eigenvalue weighted by Crippen LogP contribution is -2.28. The van der Waals surface area contributed by atoms with Crippen molar-refractivity contribution in [1.82, 2.24) is 9.47 Å². The highest BCUT2D eigenvalue weighted by Gasteiger charge is 2.28. The number of amides is 1. The third-order valence-corrected chi connectivity index (χ3v) is 4.30. The summed E-state index contributed by atoms with van der Waals surface area (Å²) in [6.07, 6.45) is 4.30. The van der Waals surface area contributed by atoms with Crippen LogP contribution in [0.1, 0.15) is 34.9 Å². The topological polar surface area (TPSA) is 25.2 Å². The van der Waals surface area contributed by atoms with E-state index >= 15 is 0 Å². The molecule has 1 saturated carbocycles. The predicted octanol–water partition coefficient (Wildman–Crippen LogP) is 4.51. The average Bonchev–Trinajstić information content (AvgIpc) is 3.21. The van der Waals surface area contributed by atoms with Gasteiger partial charge in [0.2, 0.25) is 0 Å². The van der Waals surface area contributed by atoms with Crippen LogP contribution in [0.3, 0.4) is 0 Å². The highest BCUT2D eigenvalue weighted by atomic mass is 79.9. The molecule has 3 nitrogen and oxygen atoms in total. The van der Waals surface area contributed by atoms with Crippen molar-refractivity contribution in [3.63, 3.8) is 0 Å². The number of halogens is 2. The fourth-order valence-electron chi connectivity index (χ4n) is 2.45. The van der Waals surface area contributed by atoms with Crippen molar-refractivity contribution >= 4 is 33.4 Å². The first-order valence-corrected chi connectivity index (χ1v) is 8.09. The van der Waals surface area contributed by atoms with Crippen LogP contribution < -0.4 is 0 Å². The van der Waals surface area contributed by atoms with Crippen LogP contribution in [0.4, 0.5) is 0 Å². The Morgan fingerprint density at radius 1 is 1.43 bits per heavy atom. The number of hydrogen-bond donors (Lipinski definition) is 0. The van der Waals surface area contributed by atoms with E-state index in [-0.39, 0.29) is 5.91 Å². The highest BCUT2D eigenvalue weighted by molar-refractivity contribution is 9.10. The standard InChI is InChI=1S/C16H16BrClN2O/c1-19(9-11-3-2-4-13(18)7-11)16(21)15-8-12(17)10-20(15)14-5-6-14/h2-4,7-8,10,14H,5-6,9H2,1H3. The monoisotopic (exact) mass is 366 g/mol. The van der Waals surface area contributed by atoms with E-state index in [0.717, 1.165) is 28.6 Å². The molecule has 0 spiro atoms. The fourth-order valence-corrected chi connectivity index (χ4v) is 3.10. The Balaban J connectivity index is 1.78. The van der Waals surface area contributed by atoms with Gasteiger partial charge in [-0.3, -0.25) is 4.79 Å². The van der Waals surface area contributed by atoms with Crippen LogP contribution in [-0.4, -0.2) is 22.4 Å². The van der Waals surface area contributed by atoms with Crippen LogP contribution in [0, 0.1) is 0 Å². The first-order chi connectivity index (χ1) is 10.0. The Morgan fingerprint density at radius 3 is 2.86 bits per heavy atom. The van der Waals surface area contributed by atoms with E-state index in [0.29, 0.717) is 17.6 Å². The smallest absolute Gasteiger partial charge is 0.270 e. The van der Waals surface area contributed by atoms with Crippen molar-refractivity contribution in [3.05, 3.63) is 57.3 Å². The van der Waals surface area contributed by atoms with Crippen LogP contribution in [0.2, 0.25) is 5.02 Å². The molecule has 3 rings (SSSR count). The summed E-state index contributed by atoms with van der Waals surface area (Å²) in [7, 11) is 1.82. The first-order valence-electron chi connectivity index (χ1n) is 6.92. The third-order valence-electron chi connectivity index (χ3n) is 3.63. The molecule has 0 saturated heterocycles. The second-order valence-electron chi connectivity index (χ2n) is 5.47. The molecular weight excluding hydrogens is 352 g/mol. The van der Waals surface area contributed by atoms with Crippen molar-refractivity contribution in [2.75, 3.05) is 7.05 Å². The zero-order valence-electron chi connectivity index (χ0n) is 11.7. The van der Waals surface area contributed by atoms with Crippen LogP contribution in [0.15, 0.2) is 41.0 Å². The van der Waals surface area contributed by atoms with E-state index in [4.69, 9.17) is 11.6 Å².